The van der Waals surface area contributed by atoms with Crippen LogP contribution in [0.2, 0.25) is 0 Å². The number of thioether (sulfide) groups is 1. The number of aromatic nitrogens is 4. The third-order valence-corrected chi connectivity index (χ3v) is 5.96. The molecule has 0 aliphatic carbocycles. The maximum absolute atomic E-state index is 12.7. The van der Waals surface area contributed by atoms with Gasteiger partial charge in [-0.05, 0) is 74.6 Å². The van der Waals surface area contributed by atoms with Crippen molar-refractivity contribution < 1.29 is 4.79 Å². The number of amides is 1. The van der Waals surface area contributed by atoms with Crippen LogP contribution in [-0.4, -0.2) is 48.9 Å². The lowest BCUT2D eigenvalue weighted by atomic mass is 9.98. The number of carbonyl (C=O) groups is 1. The summed E-state index contributed by atoms with van der Waals surface area (Å²) in [6, 6.07) is 6.69. The number of hydrogen-bond acceptors (Lipinski definition) is 5. The smallest absolute Gasteiger partial charge is 0.233 e. The molecule has 2 atom stereocenters. The Kier molecular flexibility index (Phi) is 5.42. The molecular weight excluding hydrogens is 334 g/mol. The van der Waals surface area contributed by atoms with E-state index in [4.69, 9.17) is 0 Å². The fourth-order valence-electron chi connectivity index (χ4n) is 3.50. The lowest BCUT2D eigenvalue weighted by Gasteiger charge is -2.39. The molecule has 1 fully saturated rings. The van der Waals surface area contributed by atoms with Gasteiger partial charge in [0.1, 0.15) is 0 Å². The molecule has 0 saturated carbocycles. The van der Waals surface area contributed by atoms with Crippen molar-refractivity contribution in [2.45, 2.75) is 64.2 Å². The third kappa shape index (κ3) is 3.71. The SMILES string of the molecule is Cc1cccc(-n2nnnc2SCC(=O)N2[C@@H](C)CCC[C@@H]2C)c1C. The van der Waals surface area contributed by atoms with Crippen LogP contribution in [0.15, 0.2) is 23.4 Å². The Morgan fingerprint density at radius 2 is 1.96 bits per heavy atom. The number of likely N-dealkylation sites (tertiary alicyclic amines) is 1. The van der Waals surface area contributed by atoms with E-state index in [2.05, 4.69) is 49.3 Å². The molecule has 0 bridgehead atoms. The Labute approximate surface area is 153 Å². The highest BCUT2D eigenvalue weighted by Crippen LogP contribution is 2.26. The third-order valence-electron chi connectivity index (χ3n) is 5.05. The Balaban J connectivity index is 1.74. The molecule has 134 valence electrons. The van der Waals surface area contributed by atoms with Crippen LogP contribution in [-0.2, 0) is 4.79 Å². The Bertz CT molecular complexity index is 750. The Hall–Kier alpha value is -1.89. The number of piperidine rings is 1. The molecule has 6 nitrogen and oxygen atoms in total. The van der Waals surface area contributed by atoms with E-state index < -0.39 is 0 Å². The van der Waals surface area contributed by atoms with E-state index in [9.17, 15) is 4.79 Å². The number of carbonyl (C=O) groups excluding carboxylic acids is 1. The van der Waals surface area contributed by atoms with Gasteiger partial charge < -0.3 is 4.90 Å². The van der Waals surface area contributed by atoms with Gasteiger partial charge in [0, 0.05) is 12.1 Å². The molecular formula is C18H25N5OS. The van der Waals surface area contributed by atoms with Gasteiger partial charge in [-0.2, -0.15) is 4.68 Å². The summed E-state index contributed by atoms with van der Waals surface area (Å²) in [5, 5.41) is 12.7. The second kappa shape index (κ2) is 7.56. The molecule has 0 radical (unpaired) electrons. The minimum atomic E-state index is 0.167. The molecule has 3 rings (SSSR count). The molecule has 0 N–H and O–H groups in total. The molecule has 7 heteroatoms. The summed E-state index contributed by atoms with van der Waals surface area (Å²) in [4.78, 5) is 14.7. The largest absolute Gasteiger partial charge is 0.337 e. The van der Waals surface area contributed by atoms with Gasteiger partial charge in [0.15, 0.2) is 0 Å². The van der Waals surface area contributed by atoms with E-state index in [-0.39, 0.29) is 5.91 Å². The van der Waals surface area contributed by atoms with Gasteiger partial charge in [0.2, 0.25) is 11.1 Å². The normalized spacial score (nSPS) is 20.7. The Morgan fingerprint density at radius 1 is 1.24 bits per heavy atom. The summed E-state index contributed by atoms with van der Waals surface area (Å²) >= 11 is 1.40. The van der Waals surface area contributed by atoms with Crippen molar-refractivity contribution in [2.24, 2.45) is 0 Å². The summed E-state index contributed by atoms with van der Waals surface area (Å²) in [6.45, 7) is 8.40. The van der Waals surface area contributed by atoms with Crippen LogP contribution in [0.4, 0.5) is 0 Å². The summed E-state index contributed by atoms with van der Waals surface area (Å²) in [5.74, 6) is 0.528. The second-order valence-electron chi connectivity index (χ2n) is 6.81. The fourth-order valence-corrected chi connectivity index (χ4v) is 4.25. The van der Waals surface area contributed by atoms with Crippen molar-refractivity contribution in [3.8, 4) is 5.69 Å². The summed E-state index contributed by atoms with van der Waals surface area (Å²) in [6.07, 6.45) is 3.37. The maximum Gasteiger partial charge on any atom is 0.233 e. The zero-order valence-electron chi connectivity index (χ0n) is 15.3. The van der Waals surface area contributed by atoms with Gasteiger partial charge >= 0.3 is 0 Å². The van der Waals surface area contributed by atoms with Gasteiger partial charge in [-0.15, -0.1) is 5.10 Å². The lowest BCUT2D eigenvalue weighted by Crippen LogP contribution is -2.48. The average molecular weight is 359 g/mol. The number of aryl methyl sites for hydroxylation is 1. The second-order valence-corrected chi connectivity index (χ2v) is 7.75. The lowest BCUT2D eigenvalue weighted by molar-refractivity contribution is -0.134. The standard InChI is InChI=1S/C18H25N5OS/c1-12-7-5-10-16(15(12)4)23-18(19-20-21-23)25-11-17(24)22-13(2)8-6-9-14(22)3/h5,7,10,13-14H,6,8-9,11H2,1-4H3/t13-,14-/m0/s1. The van der Waals surface area contributed by atoms with Crippen molar-refractivity contribution in [1.82, 2.24) is 25.1 Å². The highest BCUT2D eigenvalue weighted by Gasteiger charge is 2.29. The van der Waals surface area contributed by atoms with Gasteiger partial charge in [-0.3, -0.25) is 4.79 Å². The van der Waals surface area contributed by atoms with Gasteiger partial charge in [-0.25, -0.2) is 0 Å². The number of nitrogens with zero attached hydrogens (tertiary/aromatic N) is 5. The van der Waals surface area contributed by atoms with E-state index in [1.807, 2.05) is 17.0 Å². The summed E-state index contributed by atoms with van der Waals surface area (Å²) in [7, 11) is 0. The van der Waals surface area contributed by atoms with E-state index in [1.165, 1.54) is 23.7 Å². The van der Waals surface area contributed by atoms with Crippen LogP contribution in [0.5, 0.6) is 0 Å². The van der Waals surface area contributed by atoms with E-state index >= 15 is 0 Å². The highest BCUT2D eigenvalue weighted by molar-refractivity contribution is 7.99. The maximum atomic E-state index is 12.7. The van der Waals surface area contributed by atoms with Crippen molar-refractivity contribution in [3.63, 3.8) is 0 Å². The van der Waals surface area contributed by atoms with Crippen molar-refractivity contribution in [2.75, 3.05) is 5.75 Å². The Morgan fingerprint density at radius 3 is 2.68 bits per heavy atom. The monoisotopic (exact) mass is 359 g/mol. The summed E-state index contributed by atoms with van der Waals surface area (Å²) < 4.78 is 1.73. The predicted molar refractivity (Wildman–Crippen MR) is 99.0 cm³/mol. The molecule has 1 amide bonds. The first kappa shape index (κ1) is 17.9. The summed E-state index contributed by atoms with van der Waals surface area (Å²) in [5.41, 5.74) is 3.29. The molecule has 1 aromatic heterocycles. The minimum Gasteiger partial charge on any atom is -0.337 e. The van der Waals surface area contributed by atoms with Crippen LogP contribution >= 0.6 is 11.8 Å². The zero-order chi connectivity index (χ0) is 18.0. The molecule has 1 aliphatic rings. The van der Waals surface area contributed by atoms with Crippen LogP contribution in [0.3, 0.4) is 0 Å². The topological polar surface area (TPSA) is 63.9 Å². The number of benzene rings is 1. The molecule has 25 heavy (non-hydrogen) atoms. The number of tetrazole rings is 1. The van der Waals surface area contributed by atoms with E-state index in [0.717, 1.165) is 24.1 Å². The van der Waals surface area contributed by atoms with Crippen LogP contribution in [0.25, 0.3) is 5.69 Å². The van der Waals surface area contributed by atoms with E-state index in [1.54, 1.807) is 4.68 Å². The van der Waals surface area contributed by atoms with Gasteiger partial charge in [0.25, 0.3) is 0 Å². The van der Waals surface area contributed by atoms with Crippen LogP contribution < -0.4 is 0 Å². The fraction of sp³-hybridized carbons (Fsp3) is 0.556. The number of hydrogen-bond donors (Lipinski definition) is 0. The predicted octanol–water partition coefficient (Wildman–Crippen LogP) is 3.16. The molecule has 2 aromatic rings. The van der Waals surface area contributed by atoms with Crippen molar-refractivity contribution >= 4 is 17.7 Å². The van der Waals surface area contributed by atoms with Crippen molar-refractivity contribution in [3.05, 3.63) is 29.3 Å². The quantitative estimate of drug-likeness (QED) is 0.785. The van der Waals surface area contributed by atoms with Gasteiger partial charge in [0.05, 0.1) is 11.4 Å². The first-order valence-electron chi connectivity index (χ1n) is 8.78. The first-order chi connectivity index (χ1) is 12.0. The zero-order valence-corrected chi connectivity index (χ0v) is 16.1. The minimum absolute atomic E-state index is 0.167. The van der Waals surface area contributed by atoms with Gasteiger partial charge in [-0.1, -0.05) is 23.9 Å². The molecule has 1 aromatic carbocycles. The van der Waals surface area contributed by atoms with Crippen LogP contribution in [0, 0.1) is 13.8 Å². The molecule has 0 unspecified atom stereocenters. The average Bonchev–Trinajstić information content (AvgIpc) is 3.03. The molecule has 0 spiro atoms. The van der Waals surface area contributed by atoms with E-state index in [0.29, 0.717) is 23.0 Å². The molecule has 2 heterocycles. The molecule has 1 saturated heterocycles. The van der Waals surface area contributed by atoms with Crippen molar-refractivity contribution in [1.29, 1.82) is 0 Å². The first-order valence-corrected chi connectivity index (χ1v) is 9.76. The highest BCUT2D eigenvalue weighted by atomic mass is 32.2. The van der Waals surface area contributed by atoms with Crippen LogP contribution in [0.1, 0.15) is 44.2 Å². The molecule has 1 aliphatic heterocycles. The number of rotatable bonds is 4.